The lowest BCUT2D eigenvalue weighted by Gasteiger charge is -2.27. The van der Waals surface area contributed by atoms with Crippen molar-refractivity contribution < 1.29 is 14.7 Å². The van der Waals surface area contributed by atoms with E-state index in [1.807, 2.05) is 41.4 Å². The lowest BCUT2D eigenvalue weighted by molar-refractivity contribution is -0.305. The van der Waals surface area contributed by atoms with Gasteiger partial charge in [-0.15, -0.1) is 0 Å². The molecule has 5 nitrogen and oxygen atoms in total. The molecule has 0 bridgehead atoms. The first-order valence-corrected chi connectivity index (χ1v) is 8.10. The van der Waals surface area contributed by atoms with Crippen LogP contribution < -0.4 is 15.5 Å². The van der Waals surface area contributed by atoms with E-state index in [4.69, 9.17) is 0 Å². The first kappa shape index (κ1) is 16.1. The molecule has 5 heteroatoms. The number of carbonyl (C=O) groups excluding carboxylic acids is 2. The summed E-state index contributed by atoms with van der Waals surface area (Å²) in [6, 6.07) is 16.0. The quantitative estimate of drug-likeness (QED) is 0.912. The highest BCUT2D eigenvalue weighted by molar-refractivity contribution is 5.82. The van der Waals surface area contributed by atoms with E-state index in [1.165, 1.54) is 11.1 Å². The van der Waals surface area contributed by atoms with E-state index >= 15 is 0 Å². The van der Waals surface area contributed by atoms with Crippen LogP contribution in [0.5, 0.6) is 0 Å². The van der Waals surface area contributed by atoms with Gasteiger partial charge >= 0.3 is 0 Å². The summed E-state index contributed by atoms with van der Waals surface area (Å²) < 4.78 is 0. The van der Waals surface area contributed by atoms with Gasteiger partial charge in [0.2, 0.25) is 5.91 Å². The molecule has 1 amide bonds. The maximum absolute atomic E-state index is 12.3. The molecule has 0 spiro atoms. The first-order valence-electron chi connectivity index (χ1n) is 8.10. The van der Waals surface area contributed by atoms with Crippen LogP contribution in [0.15, 0.2) is 48.5 Å². The average molecular weight is 323 g/mol. The molecular weight excluding hydrogens is 304 g/mol. The summed E-state index contributed by atoms with van der Waals surface area (Å²) in [6.45, 7) is 0. The van der Waals surface area contributed by atoms with Gasteiger partial charge in [0.1, 0.15) is 0 Å². The number of carboxylic acid groups (broad SMARTS) is 1. The Balaban J connectivity index is 1.85. The lowest BCUT2D eigenvalue weighted by Crippen LogP contribution is -2.39. The van der Waals surface area contributed by atoms with Crippen LogP contribution in [0.4, 0.5) is 11.4 Å². The third kappa shape index (κ3) is 3.56. The number of hydrazine groups is 1. The number of aryl methyl sites for hydroxylation is 2. The third-order valence-corrected chi connectivity index (χ3v) is 4.15. The summed E-state index contributed by atoms with van der Waals surface area (Å²) in [5, 5.41) is 12.3. The Labute approximate surface area is 140 Å². The monoisotopic (exact) mass is 323 g/mol. The number of hydrogen-bond donors (Lipinski definition) is 1. The smallest absolute Gasteiger partial charge is 0.238 e. The second-order valence-corrected chi connectivity index (χ2v) is 5.85. The molecule has 0 fully saturated rings. The zero-order valence-corrected chi connectivity index (χ0v) is 13.3. The lowest BCUT2D eigenvalue weighted by atomic mass is 10.0. The summed E-state index contributed by atoms with van der Waals surface area (Å²) >= 11 is 0. The molecule has 0 saturated heterocycles. The highest BCUT2D eigenvalue weighted by Crippen LogP contribution is 2.34. The third-order valence-electron chi connectivity index (χ3n) is 4.15. The van der Waals surface area contributed by atoms with Crippen molar-refractivity contribution in [2.45, 2.75) is 32.1 Å². The van der Waals surface area contributed by atoms with Gasteiger partial charge in [0.25, 0.3) is 0 Å². The number of anilines is 2. The number of carboxylic acids is 1. The summed E-state index contributed by atoms with van der Waals surface area (Å²) in [5.74, 6) is -1.34. The van der Waals surface area contributed by atoms with Gasteiger partial charge in [-0.1, -0.05) is 36.4 Å². The van der Waals surface area contributed by atoms with E-state index in [0.717, 1.165) is 24.2 Å². The Morgan fingerprint density at radius 1 is 0.917 bits per heavy atom. The Kier molecular flexibility index (Phi) is 4.79. The molecule has 2 aromatic carbocycles. The van der Waals surface area contributed by atoms with E-state index < -0.39 is 5.97 Å². The largest absolute Gasteiger partial charge is 0.550 e. The molecule has 0 unspecified atom stereocenters. The number of amides is 1. The van der Waals surface area contributed by atoms with Crippen LogP contribution in [0, 0.1) is 0 Å². The molecule has 1 heterocycles. The summed E-state index contributed by atoms with van der Waals surface area (Å²) in [6.07, 6.45) is 2.12. The van der Waals surface area contributed by atoms with Gasteiger partial charge in [0.15, 0.2) is 0 Å². The van der Waals surface area contributed by atoms with Crippen molar-refractivity contribution in [1.82, 2.24) is 5.43 Å². The fourth-order valence-corrected chi connectivity index (χ4v) is 2.97. The van der Waals surface area contributed by atoms with E-state index in [2.05, 4.69) is 17.6 Å². The molecular formula is C19H19N2O3-. The van der Waals surface area contributed by atoms with Crippen molar-refractivity contribution in [2.24, 2.45) is 0 Å². The minimum absolute atomic E-state index is 0.111. The molecule has 2 aromatic rings. The van der Waals surface area contributed by atoms with Crippen LogP contribution >= 0.6 is 0 Å². The van der Waals surface area contributed by atoms with Gasteiger partial charge in [-0.05, 0) is 48.9 Å². The Hall–Kier alpha value is -2.82. The Morgan fingerprint density at radius 2 is 1.46 bits per heavy atom. The van der Waals surface area contributed by atoms with E-state index in [9.17, 15) is 14.7 Å². The van der Waals surface area contributed by atoms with Gasteiger partial charge in [-0.3, -0.25) is 15.2 Å². The summed E-state index contributed by atoms with van der Waals surface area (Å²) in [4.78, 5) is 22.7. The molecule has 24 heavy (non-hydrogen) atoms. The summed E-state index contributed by atoms with van der Waals surface area (Å²) in [5.41, 5.74) is 7.18. The number of aliphatic carboxylic acids is 1. The molecule has 1 aliphatic rings. The van der Waals surface area contributed by atoms with E-state index in [1.54, 1.807) is 0 Å². The SMILES string of the molecule is O=C([O-])CCCC(=O)NN1c2ccccc2CCc2ccccc21. The normalized spacial score (nSPS) is 12.8. The number of rotatable bonds is 5. The maximum Gasteiger partial charge on any atom is 0.238 e. The number of nitrogens with one attached hydrogen (secondary N) is 1. The van der Waals surface area contributed by atoms with Gasteiger partial charge in [0.05, 0.1) is 11.4 Å². The predicted molar refractivity (Wildman–Crippen MR) is 89.4 cm³/mol. The average Bonchev–Trinajstić information content (AvgIpc) is 2.73. The number of nitrogens with zero attached hydrogens (tertiary/aromatic N) is 1. The zero-order valence-electron chi connectivity index (χ0n) is 13.3. The fraction of sp³-hybridized carbons (Fsp3) is 0.263. The molecule has 0 aromatic heterocycles. The Morgan fingerprint density at radius 3 is 2.00 bits per heavy atom. The molecule has 0 aliphatic carbocycles. The van der Waals surface area contributed by atoms with E-state index in [0.29, 0.717) is 0 Å². The summed E-state index contributed by atoms with van der Waals surface area (Å²) in [7, 11) is 0. The van der Waals surface area contributed by atoms with Crippen LogP contribution in [-0.2, 0) is 22.4 Å². The van der Waals surface area contributed by atoms with Crippen molar-refractivity contribution in [3.05, 3.63) is 59.7 Å². The van der Waals surface area contributed by atoms with Crippen molar-refractivity contribution in [2.75, 3.05) is 5.01 Å². The first-order chi connectivity index (χ1) is 11.6. The van der Waals surface area contributed by atoms with Crippen LogP contribution in [-0.4, -0.2) is 11.9 Å². The molecule has 1 aliphatic heterocycles. The van der Waals surface area contributed by atoms with Crippen molar-refractivity contribution in [3.8, 4) is 0 Å². The second kappa shape index (κ2) is 7.17. The number of hydrogen-bond acceptors (Lipinski definition) is 4. The van der Waals surface area contributed by atoms with Crippen LogP contribution in [0.2, 0.25) is 0 Å². The Bertz CT molecular complexity index is 710. The maximum atomic E-state index is 12.3. The number of carbonyl (C=O) groups is 2. The van der Waals surface area contributed by atoms with Crippen LogP contribution in [0.25, 0.3) is 0 Å². The zero-order chi connectivity index (χ0) is 16.9. The van der Waals surface area contributed by atoms with Crippen LogP contribution in [0.1, 0.15) is 30.4 Å². The molecule has 1 N–H and O–H groups in total. The minimum atomic E-state index is -1.13. The highest BCUT2D eigenvalue weighted by Gasteiger charge is 2.21. The standard InChI is InChI=1S/C19H20N2O3/c22-18(10-5-11-19(23)24)20-21-16-8-3-1-6-14(16)12-13-15-7-2-4-9-17(15)21/h1-4,6-9H,5,10-13H2,(H,20,22)(H,23,24)/p-1. The van der Waals surface area contributed by atoms with Gasteiger partial charge in [-0.2, -0.15) is 0 Å². The van der Waals surface area contributed by atoms with Crippen molar-refractivity contribution in [3.63, 3.8) is 0 Å². The van der Waals surface area contributed by atoms with E-state index in [-0.39, 0.29) is 25.2 Å². The van der Waals surface area contributed by atoms with Gasteiger partial charge in [-0.25, -0.2) is 0 Å². The number of para-hydroxylation sites is 2. The van der Waals surface area contributed by atoms with Crippen LogP contribution in [0.3, 0.4) is 0 Å². The van der Waals surface area contributed by atoms with Crippen molar-refractivity contribution in [1.29, 1.82) is 0 Å². The molecule has 0 radical (unpaired) electrons. The van der Waals surface area contributed by atoms with Gasteiger partial charge in [0, 0.05) is 12.4 Å². The second-order valence-electron chi connectivity index (χ2n) is 5.85. The molecule has 3 rings (SSSR count). The fourth-order valence-electron chi connectivity index (χ4n) is 2.97. The van der Waals surface area contributed by atoms with Crippen molar-refractivity contribution >= 4 is 23.3 Å². The topological polar surface area (TPSA) is 72.5 Å². The number of benzene rings is 2. The predicted octanol–water partition coefficient (Wildman–Crippen LogP) is 1.87. The molecule has 0 saturated carbocycles. The minimum Gasteiger partial charge on any atom is -0.550 e. The number of fused-ring (bicyclic) bond motifs is 2. The molecule has 0 atom stereocenters. The molecule has 124 valence electrons. The highest BCUT2D eigenvalue weighted by atomic mass is 16.4. The van der Waals surface area contributed by atoms with Gasteiger partial charge < -0.3 is 9.90 Å².